The number of benzene rings is 1. The fourth-order valence-corrected chi connectivity index (χ4v) is 2.30. The third-order valence-electron chi connectivity index (χ3n) is 2.09. The van der Waals surface area contributed by atoms with Crippen LogP contribution < -0.4 is 5.01 Å². The second-order valence-electron chi connectivity index (χ2n) is 3.22. The Morgan fingerprint density at radius 1 is 1.43 bits per heavy atom. The predicted octanol–water partition coefficient (Wildman–Crippen LogP) is 3.33. The molecule has 0 aromatic heterocycles. The van der Waals surface area contributed by atoms with Gasteiger partial charge in [-0.25, -0.2) is 0 Å². The zero-order chi connectivity index (χ0) is 9.97. The summed E-state index contributed by atoms with van der Waals surface area (Å²) in [5.74, 6) is 1.10. The topological polar surface area (TPSA) is 15.6 Å². The highest BCUT2D eigenvalue weighted by Gasteiger charge is 2.16. The van der Waals surface area contributed by atoms with Gasteiger partial charge in [-0.05, 0) is 31.2 Å². The Morgan fingerprint density at radius 3 is 2.79 bits per heavy atom. The highest BCUT2D eigenvalue weighted by molar-refractivity contribution is 9.10. The molecule has 0 spiro atoms. The highest BCUT2D eigenvalue weighted by atomic mass is 79.9. The van der Waals surface area contributed by atoms with E-state index in [0.29, 0.717) is 6.04 Å². The first-order chi connectivity index (χ1) is 6.77. The van der Waals surface area contributed by atoms with E-state index < -0.39 is 0 Å². The lowest BCUT2D eigenvalue weighted by atomic mass is 10.2. The first kappa shape index (κ1) is 10.1. The number of halogens is 1. The summed E-state index contributed by atoms with van der Waals surface area (Å²) in [6, 6.07) is 8.70. The van der Waals surface area contributed by atoms with Gasteiger partial charge < -0.3 is 0 Å². The third-order valence-corrected chi connectivity index (χ3v) is 3.54. The number of thioether (sulfide) groups is 1. The van der Waals surface area contributed by atoms with Crippen LogP contribution in [-0.2, 0) is 0 Å². The molecule has 0 N–H and O–H groups in total. The van der Waals surface area contributed by atoms with Gasteiger partial charge in [0.15, 0.2) is 0 Å². The molecule has 1 aliphatic heterocycles. The van der Waals surface area contributed by atoms with Crippen molar-refractivity contribution in [3.05, 3.63) is 28.7 Å². The van der Waals surface area contributed by atoms with Crippen LogP contribution in [0.25, 0.3) is 0 Å². The lowest BCUT2D eigenvalue weighted by Crippen LogP contribution is -2.32. The third kappa shape index (κ3) is 2.12. The largest absolute Gasteiger partial charge is 0.261 e. The first-order valence-electron chi connectivity index (χ1n) is 4.46. The van der Waals surface area contributed by atoms with Crippen molar-refractivity contribution in [2.24, 2.45) is 5.10 Å². The Hall–Kier alpha value is -0.480. The van der Waals surface area contributed by atoms with Gasteiger partial charge in [-0.3, -0.25) is 5.01 Å². The maximum atomic E-state index is 4.37. The molecule has 1 aliphatic rings. The molecule has 4 heteroatoms. The highest BCUT2D eigenvalue weighted by Crippen LogP contribution is 2.24. The number of anilines is 1. The molecule has 74 valence electrons. The summed E-state index contributed by atoms with van der Waals surface area (Å²) in [7, 11) is 0. The Balaban J connectivity index is 2.25. The molecular weight excluding hydrogens is 260 g/mol. The molecule has 2 rings (SSSR count). The van der Waals surface area contributed by atoms with Gasteiger partial charge >= 0.3 is 0 Å². The molecule has 1 aromatic carbocycles. The van der Waals surface area contributed by atoms with Gasteiger partial charge in [-0.2, -0.15) is 5.10 Å². The minimum atomic E-state index is 0.464. The molecule has 1 heterocycles. The fraction of sp³-hybridized carbons (Fsp3) is 0.300. The minimum absolute atomic E-state index is 0.464. The quantitative estimate of drug-likeness (QED) is 0.778. The van der Waals surface area contributed by atoms with E-state index in [1.165, 1.54) is 0 Å². The van der Waals surface area contributed by atoms with E-state index in [4.69, 9.17) is 0 Å². The van der Waals surface area contributed by atoms with Crippen molar-refractivity contribution in [3.63, 3.8) is 0 Å². The lowest BCUT2D eigenvalue weighted by molar-refractivity contribution is 0.721. The monoisotopic (exact) mass is 270 g/mol. The lowest BCUT2D eigenvalue weighted by Gasteiger charge is -2.28. The molecule has 0 aliphatic carbocycles. The van der Waals surface area contributed by atoms with E-state index in [9.17, 15) is 0 Å². The van der Waals surface area contributed by atoms with Crippen LogP contribution in [0.4, 0.5) is 5.69 Å². The summed E-state index contributed by atoms with van der Waals surface area (Å²) in [6.07, 6.45) is 0. The average molecular weight is 271 g/mol. The van der Waals surface area contributed by atoms with Crippen LogP contribution in [0.2, 0.25) is 0 Å². The Morgan fingerprint density at radius 2 is 2.14 bits per heavy atom. The summed E-state index contributed by atoms with van der Waals surface area (Å²) in [6.45, 7) is 2.19. The smallest absolute Gasteiger partial charge is 0.0804 e. The SMILES string of the molecule is C[C@H]1CSC=NN1c1ccc(Br)cc1. The van der Waals surface area contributed by atoms with Gasteiger partial charge in [0.2, 0.25) is 0 Å². The maximum absolute atomic E-state index is 4.37. The predicted molar refractivity (Wildman–Crippen MR) is 67.0 cm³/mol. The summed E-state index contributed by atoms with van der Waals surface area (Å²) in [4.78, 5) is 0. The van der Waals surface area contributed by atoms with Crippen LogP contribution in [0.1, 0.15) is 6.92 Å². The molecule has 14 heavy (non-hydrogen) atoms. The van der Waals surface area contributed by atoms with E-state index >= 15 is 0 Å². The van der Waals surface area contributed by atoms with Gasteiger partial charge in [0.25, 0.3) is 0 Å². The molecule has 2 nitrogen and oxygen atoms in total. The van der Waals surface area contributed by atoms with Crippen molar-refractivity contribution in [3.8, 4) is 0 Å². The van der Waals surface area contributed by atoms with E-state index in [2.05, 4.69) is 45.1 Å². The van der Waals surface area contributed by atoms with Crippen LogP contribution in [-0.4, -0.2) is 17.3 Å². The average Bonchev–Trinajstić information content (AvgIpc) is 2.20. The molecule has 0 radical (unpaired) electrons. The number of hydrazone groups is 1. The molecule has 0 bridgehead atoms. The molecule has 0 unspecified atom stereocenters. The minimum Gasteiger partial charge on any atom is -0.261 e. The second kappa shape index (κ2) is 4.36. The molecular formula is C10H11BrN2S. The molecule has 0 amide bonds. The van der Waals surface area contributed by atoms with Crippen molar-refractivity contribution >= 4 is 38.9 Å². The number of rotatable bonds is 1. The van der Waals surface area contributed by atoms with Gasteiger partial charge in [0.1, 0.15) is 0 Å². The van der Waals surface area contributed by atoms with Gasteiger partial charge in [-0.1, -0.05) is 15.9 Å². The van der Waals surface area contributed by atoms with E-state index in [1.54, 1.807) is 11.8 Å². The van der Waals surface area contributed by atoms with Crippen molar-refractivity contribution < 1.29 is 0 Å². The van der Waals surface area contributed by atoms with Crippen molar-refractivity contribution in [2.45, 2.75) is 13.0 Å². The zero-order valence-corrected chi connectivity index (χ0v) is 10.3. The summed E-state index contributed by atoms with van der Waals surface area (Å²) in [5, 5.41) is 6.42. The first-order valence-corrected chi connectivity index (χ1v) is 6.30. The van der Waals surface area contributed by atoms with Crippen LogP contribution in [0, 0.1) is 0 Å². The Kier molecular flexibility index (Phi) is 3.13. The number of hydrogen-bond donors (Lipinski definition) is 0. The summed E-state index contributed by atoms with van der Waals surface area (Å²) in [5.41, 5.74) is 3.06. The van der Waals surface area contributed by atoms with Gasteiger partial charge in [-0.15, -0.1) is 11.8 Å². The zero-order valence-electron chi connectivity index (χ0n) is 7.85. The Labute approximate surface area is 96.5 Å². The summed E-state index contributed by atoms with van der Waals surface area (Å²) < 4.78 is 1.10. The van der Waals surface area contributed by atoms with Crippen LogP contribution in [0.5, 0.6) is 0 Å². The van der Waals surface area contributed by atoms with Crippen LogP contribution >= 0.6 is 27.7 Å². The van der Waals surface area contributed by atoms with Crippen molar-refractivity contribution in [1.82, 2.24) is 0 Å². The normalized spacial score (nSPS) is 21.3. The fourth-order valence-electron chi connectivity index (χ4n) is 1.37. The Bertz CT molecular complexity index is 336. The molecule has 0 saturated heterocycles. The summed E-state index contributed by atoms with van der Waals surface area (Å²) >= 11 is 5.19. The molecule has 0 saturated carbocycles. The van der Waals surface area contributed by atoms with Gasteiger partial charge in [0.05, 0.1) is 17.3 Å². The van der Waals surface area contributed by atoms with Crippen LogP contribution in [0.15, 0.2) is 33.8 Å². The van der Waals surface area contributed by atoms with Crippen molar-refractivity contribution in [1.29, 1.82) is 0 Å². The van der Waals surface area contributed by atoms with E-state index in [0.717, 1.165) is 15.9 Å². The second-order valence-corrected chi connectivity index (χ2v) is 5.02. The molecule has 1 aromatic rings. The maximum Gasteiger partial charge on any atom is 0.0804 e. The standard InChI is InChI=1S/C10H11BrN2S/c1-8-6-14-7-12-13(8)10-4-2-9(11)3-5-10/h2-5,7-8H,6H2,1H3/t8-/m0/s1. The van der Waals surface area contributed by atoms with Gasteiger partial charge in [0, 0.05) is 10.2 Å². The number of nitrogens with zero attached hydrogens (tertiary/aromatic N) is 2. The molecule has 1 atom stereocenters. The van der Waals surface area contributed by atoms with E-state index in [-0.39, 0.29) is 0 Å². The van der Waals surface area contributed by atoms with Crippen molar-refractivity contribution in [2.75, 3.05) is 10.8 Å². The number of hydrogen-bond acceptors (Lipinski definition) is 3. The van der Waals surface area contributed by atoms with E-state index in [1.807, 2.05) is 17.7 Å². The molecule has 0 fully saturated rings. The van der Waals surface area contributed by atoms with Crippen LogP contribution in [0.3, 0.4) is 0 Å².